The Kier molecular flexibility index (Phi) is 6.25. The van der Waals surface area contributed by atoms with E-state index in [0.29, 0.717) is 0 Å². The lowest BCUT2D eigenvalue weighted by Crippen LogP contribution is -2.52. The number of methoxy groups -OCH3 is 3. The van der Waals surface area contributed by atoms with Gasteiger partial charge >= 0.3 is 19.5 Å². The Morgan fingerprint density at radius 2 is 1.78 bits per heavy atom. The highest BCUT2D eigenvalue weighted by Gasteiger charge is 2.63. The van der Waals surface area contributed by atoms with Crippen molar-refractivity contribution in [1.82, 2.24) is 0 Å². The summed E-state index contributed by atoms with van der Waals surface area (Å²) in [5, 5.41) is -2.82. The molecule has 0 aliphatic carbocycles. The van der Waals surface area contributed by atoms with Crippen molar-refractivity contribution in [1.29, 1.82) is 0 Å². The SMILES string of the molecule is COC(=O)C(CCl)C(OC)(C(=O)OC)P(=O)(O)O. The number of ether oxygens (including phenoxy) is 3. The van der Waals surface area contributed by atoms with E-state index in [1.165, 1.54) is 0 Å². The molecule has 0 aromatic rings. The summed E-state index contributed by atoms with van der Waals surface area (Å²) in [4.78, 5) is 41.7. The summed E-state index contributed by atoms with van der Waals surface area (Å²) in [6.45, 7) is 0. The van der Waals surface area contributed by atoms with Crippen molar-refractivity contribution < 1.29 is 38.2 Å². The summed E-state index contributed by atoms with van der Waals surface area (Å²) in [5.41, 5.74) is 0. The van der Waals surface area contributed by atoms with Crippen molar-refractivity contribution in [3.05, 3.63) is 0 Å². The third kappa shape index (κ3) is 2.84. The fraction of sp³-hybridized carbons (Fsp3) is 0.750. The van der Waals surface area contributed by atoms with Crippen molar-refractivity contribution in [2.45, 2.75) is 5.34 Å². The van der Waals surface area contributed by atoms with Crippen molar-refractivity contribution in [2.75, 3.05) is 27.2 Å². The molecule has 0 bridgehead atoms. The van der Waals surface area contributed by atoms with Crippen LogP contribution in [0.25, 0.3) is 0 Å². The Hall–Kier alpha value is -0.660. The molecule has 8 nitrogen and oxygen atoms in total. The third-order valence-electron chi connectivity index (χ3n) is 2.33. The Labute approximate surface area is 108 Å². The van der Waals surface area contributed by atoms with Gasteiger partial charge in [0.15, 0.2) is 0 Å². The van der Waals surface area contributed by atoms with Gasteiger partial charge in [-0.05, 0) is 0 Å². The molecule has 0 amide bonds. The second-order valence-corrected chi connectivity index (χ2v) is 5.23. The van der Waals surface area contributed by atoms with Crippen LogP contribution in [-0.2, 0) is 28.4 Å². The number of hydrogen-bond donors (Lipinski definition) is 2. The molecule has 2 atom stereocenters. The van der Waals surface area contributed by atoms with Gasteiger partial charge in [0.2, 0.25) is 0 Å². The lowest BCUT2D eigenvalue weighted by atomic mass is 10.0. The quantitative estimate of drug-likeness (QED) is 0.390. The second kappa shape index (κ2) is 6.49. The van der Waals surface area contributed by atoms with Gasteiger partial charge in [-0.15, -0.1) is 11.6 Å². The molecule has 0 aliphatic heterocycles. The van der Waals surface area contributed by atoms with E-state index in [0.717, 1.165) is 21.3 Å². The number of alkyl halides is 1. The smallest absolute Gasteiger partial charge is 0.369 e. The summed E-state index contributed by atoms with van der Waals surface area (Å²) in [7, 11) is -2.46. The normalized spacial score (nSPS) is 16.6. The molecule has 0 saturated carbocycles. The van der Waals surface area contributed by atoms with Crippen LogP contribution in [0.2, 0.25) is 0 Å². The molecule has 0 aromatic carbocycles. The Morgan fingerprint density at radius 1 is 1.28 bits per heavy atom. The summed E-state index contributed by atoms with van der Waals surface area (Å²) < 4.78 is 24.8. The van der Waals surface area contributed by atoms with Crippen LogP contribution in [0.3, 0.4) is 0 Å². The van der Waals surface area contributed by atoms with Gasteiger partial charge in [-0.25, -0.2) is 4.79 Å². The van der Waals surface area contributed by atoms with Crippen LogP contribution in [0.5, 0.6) is 0 Å². The predicted octanol–water partition coefficient (Wildman–Crippen LogP) is -0.292. The maximum absolute atomic E-state index is 11.6. The first-order chi connectivity index (χ1) is 8.22. The van der Waals surface area contributed by atoms with Gasteiger partial charge < -0.3 is 24.0 Å². The van der Waals surface area contributed by atoms with Crippen molar-refractivity contribution in [3.8, 4) is 0 Å². The van der Waals surface area contributed by atoms with Crippen LogP contribution < -0.4 is 0 Å². The molecule has 10 heteroatoms. The minimum Gasteiger partial charge on any atom is -0.469 e. The van der Waals surface area contributed by atoms with Crippen molar-refractivity contribution in [3.63, 3.8) is 0 Å². The number of rotatable bonds is 6. The van der Waals surface area contributed by atoms with Crippen LogP contribution in [0.15, 0.2) is 0 Å². The largest absolute Gasteiger partial charge is 0.469 e. The van der Waals surface area contributed by atoms with Gasteiger partial charge in [0.05, 0.1) is 14.2 Å². The van der Waals surface area contributed by atoms with Crippen LogP contribution in [0, 0.1) is 5.92 Å². The Morgan fingerprint density at radius 3 is 2.00 bits per heavy atom. The number of esters is 2. The van der Waals surface area contributed by atoms with Gasteiger partial charge in [-0.2, -0.15) is 0 Å². The first-order valence-corrected chi connectivity index (χ1v) is 6.70. The monoisotopic (exact) mass is 304 g/mol. The lowest BCUT2D eigenvalue weighted by molar-refractivity contribution is -0.171. The summed E-state index contributed by atoms with van der Waals surface area (Å²) in [6.07, 6.45) is 0. The number of halogens is 1. The van der Waals surface area contributed by atoms with E-state index in [1.54, 1.807) is 0 Å². The van der Waals surface area contributed by atoms with E-state index in [1.807, 2.05) is 0 Å². The molecule has 0 saturated heterocycles. The summed E-state index contributed by atoms with van der Waals surface area (Å²) in [6, 6.07) is 0. The zero-order valence-electron chi connectivity index (χ0n) is 9.95. The minimum atomic E-state index is -5.20. The first kappa shape index (κ1) is 17.3. The molecular weight excluding hydrogens is 291 g/mol. The summed E-state index contributed by atoms with van der Waals surface area (Å²) in [5.74, 6) is -4.81. The van der Waals surface area contributed by atoms with Gasteiger partial charge in [-0.1, -0.05) is 0 Å². The van der Waals surface area contributed by atoms with E-state index in [-0.39, 0.29) is 0 Å². The van der Waals surface area contributed by atoms with Gasteiger partial charge in [0, 0.05) is 13.0 Å². The molecule has 2 unspecified atom stereocenters. The van der Waals surface area contributed by atoms with Crippen LogP contribution in [0.1, 0.15) is 0 Å². The maximum Gasteiger partial charge on any atom is 0.369 e. The highest BCUT2D eigenvalue weighted by Crippen LogP contribution is 2.56. The molecule has 106 valence electrons. The van der Waals surface area contributed by atoms with Crippen molar-refractivity contribution >= 4 is 31.1 Å². The van der Waals surface area contributed by atoms with Crippen LogP contribution in [0.4, 0.5) is 0 Å². The zero-order valence-corrected chi connectivity index (χ0v) is 11.6. The molecule has 0 heterocycles. The topological polar surface area (TPSA) is 119 Å². The number of carbonyl (C=O) groups excluding carboxylic acids is 2. The molecule has 2 N–H and O–H groups in total. The number of carbonyl (C=O) groups is 2. The van der Waals surface area contributed by atoms with E-state index >= 15 is 0 Å². The van der Waals surface area contributed by atoms with E-state index in [4.69, 9.17) is 11.6 Å². The highest BCUT2D eigenvalue weighted by atomic mass is 35.5. The molecule has 0 radical (unpaired) electrons. The molecule has 18 heavy (non-hydrogen) atoms. The molecule has 0 rings (SSSR count). The standard InChI is InChI=1S/C8H14ClO8P/c1-15-6(10)5(4-9)8(17-3,7(11)16-2)18(12,13)14/h5H,4H2,1-3H3,(H2,12,13,14). The van der Waals surface area contributed by atoms with E-state index < -0.39 is 36.7 Å². The molecule has 0 fully saturated rings. The fourth-order valence-corrected chi connectivity index (χ4v) is 3.05. The molecule has 0 aromatic heterocycles. The third-order valence-corrected chi connectivity index (χ3v) is 4.19. The average molecular weight is 305 g/mol. The van der Waals surface area contributed by atoms with Crippen molar-refractivity contribution in [2.24, 2.45) is 5.92 Å². The summed E-state index contributed by atoms with van der Waals surface area (Å²) >= 11 is 5.48. The maximum atomic E-state index is 11.6. The Balaban J connectivity index is 5.93. The lowest BCUT2D eigenvalue weighted by Gasteiger charge is -2.34. The van der Waals surface area contributed by atoms with E-state index in [2.05, 4.69) is 14.2 Å². The fourth-order valence-electron chi connectivity index (χ4n) is 1.42. The van der Waals surface area contributed by atoms with Gasteiger partial charge in [0.1, 0.15) is 5.92 Å². The van der Waals surface area contributed by atoms with E-state index in [9.17, 15) is 23.9 Å². The molecule has 0 aliphatic rings. The Bertz CT molecular complexity index is 366. The zero-order chi connectivity index (χ0) is 14.6. The second-order valence-electron chi connectivity index (χ2n) is 3.17. The highest BCUT2D eigenvalue weighted by molar-refractivity contribution is 7.54. The van der Waals surface area contributed by atoms with Gasteiger partial charge in [0.25, 0.3) is 5.34 Å². The van der Waals surface area contributed by atoms with Crippen LogP contribution in [-0.4, -0.2) is 54.3 Å². The molecular formula is C8H14ClO8P. The minimum absolute atomic E-state index is 0.597. The predicted molar refractivity (Wildman–Crippen MR) is 60.0 cm³/mol. The van der Waals surface area contributed by atoms with Crippen LogP contribution >= 0.6 is 19.2 Å². The first-order valence-electron chi connectivity index (χ1n) is 4.55. The molecule has 0 spiro atoms. The number of hydrogen-bond acceptors (Lipinski definition) is 6. The average Bonchev–Trinajstić information content (AvgIpc) is 2.32. The van der Waals surface area contributed by atoms with Gasteiger partial charge in [-0.3, -0.25) is 9.36 Å².